The Hall–Kier alpha value is -2.41. The van der Waals surface area contributed by atoms with Crippen LogP contribution in [0.5, 0.6) is 0 Å². The van der Waals surface area contributed by atoms with Gasteiger partial charge in [0.25, 0.3) is 10.0 Å². The summed E-state index contributed by atoms with van der Waals surface area (Å²) in [7, 11) is -3.66. The van der Waals surface area contributed by atoms with Crippen LogP contribution in [-0.2, 0) is 10.0 Å². The lowest BCUT2D eigenvalue weighted by molar-refractivity contribution is 0.594. The number of aryl methyl sites for hydroxylation is 1. The molecule has 0 spiro atoms. The molecule has 0 saturated carbocycles. The monoisotopic (exact) mass is 289 g/mol. The number of benzene rings is 1. The summed E-state index contributed by atoms with van der Waals surface area (Å²) in [5, 5.41) is 0. The van der Waals surface area contributed by atoms with Crippen LogP contribution in [0, 0.1) is 6.92 Å². The largest absolute Gasteiger partial charge is 0.443 e. The van der Waals surface area contributed by atoms with E-state index < -0.39 is 10.0 Å². The Morgan fingerprint density at radius 3 is 2.80 bits per heavy atom. The smallest absolute Gasteiger partial charge is 0.262 e. The molecule has 20 heavy (non-hydrogen) atoms. The maximum atomic E-state index is 12.3. The van der Waals surface area contributed by atoms with Crippen LogP contribution in [0.4, 0.5) is 5.69 Å². The molecule has 1 N–H and O–H groups in total. The number of rotatable bonds is 3. The number of aromatic nitrogens is 2. The van der Waals surface area contributed by atoms with Crippen molar-refractivity contribution in [3.63, 3.8) is 0 Å². The SMILES string of the molecule is Cc1cc(NS(=O)(=O)c2ccc3ncoc3c2)ccn1. The second-order valence-corrected chi connectivity index (χ2v) is 5.96. The van der Waals surface area contributed by atoms with Gasteiger partial charge in [-0.1, -0.05) is 0 Å². The molecule has 2 aromatic heterocycles. The zero-order chi connectivity index (χ0) is 14.2. The van der Waals surface area contributed by atoms with Crippen molar-refractivity contribution in [2.24, 2.45) is 0 Å². The Kier molecular flexibility index (Phi) is 2.90. The van der Waals surface area contributed by atoms with Gasteiger partial charge < -0.3 is 4.42 Å². The highest BCUT2D eigenvalue weighted by Gasteiger charge is 2.15. The van der Waals surface area contributed by atoms with E-state index >= 15 is 0 Å². The highest BCUT2D eigenvalue weighted by Crippen LogP contribution is 2.20. The molecule has 1 aromatic carbocycles. The van der Waals surface area contributed by atoms with E-state index in [-0.39, 0.29) is 4.90 Å². The fourth-order valence-electron chi connectivity index (χ4n) is 1.83. The van der Waals surface area contributed by atoms with Crippen LogP contribution in [0.3, 0.4) is 0 Å². The van der Waals surface area contributed by atoms with Crippen molar-refractivity contribution in [3.8, 4) is 0 Å². The molecule has 0 radical (unpaired) electrons. The van der Waals surface area contributed by atoms with Crippen LogP contribution in [-0.4, -0.2) is 18.4 Å². The number of pyridine rings is 1. The number of anilines is 1. The zero-order valence-corrected chi connectivity index (χ0v) is 11.4. The average Bonchev–Trinajstić information content (AvgIpc) is 2.85. The predicted octanol–water partition coefficient (Wildman–Crippen LogP) is 2.33. The van der Waals surface area contributed by atoms with Crippen LogP contribution in [0.25, 0.3) is 11.1 Å². The summed E-state index contributed by atoms with van der Waals surface area (Å²) in [6.07, 6.45) is 2.83. The van der Waals surface area contributed by atoms with E-state index in [0.717, 1.165) is 5.69 Å². The van der Waals surface area contributed by atoms with Crippen molar-refractivity contribution < 1.29 is 12.8 Å². The molecular formula is C13H11N3O3S. The highest BCUT2D eigenvalue weighted by molar-refractivity contribution is 7.92. The van der Waals surface area contributed by atoms with E-state index in [9.17, 15) is 8.42 Å². The lowest BCUT2D eigenvalue weighted by Gasteiger charge is -2.08. The Morgan fingerprint density at radius 2 is 2.00 bits per heavy atom. The predicted molar refractivity (Wildman–Crippen MR) is 73.8 cm³/mol. The molecular weight excluding hydrogens is 278 g/mol. The molecule has 0 atom stereocenters. The van der Waals surface area contributed by atoms with Crippen molar-refractivity contribution in [2.45, 2.75) is 11.8 Å². The minimum absolute atomic E-state index is 0.121. The topological polar surface area (TPSA) is 85.1 Å². The van der Waals surface area contributed by atoms with Gasteiger partial charge in [-0.05, 0) is 31.2 Å². The number of nitrogens with one attached hydrogen (secondary N) is 1. The van der Waals surface area contributed by atoms with Gasteiger partial charge in [0.1, 0.15) is 5.52 Å². The summed E-state index contributed by atoms with van der Waals surface area (Å²) >= 11 is 0. The summed E-state index contributed by atoms with van der Waals surface area (Å²) in [5.74, 6) is 0. The first kappa shape index (κ1) is 12.6. The number of fused-ring (bicyclic) bond motifs is 1. The zero-order valence-electron chi connectivity index (χ0n) is 10.6. The Balaban J connectivity index is 1.98. The van der Waals surface area contributed by atoms with Gasteiger partial charge in [-0.15, -0.1) is 0 Å². The molecule has 6 nitrogen and oxygen atoms in total. The molecule has 0 bridgehead atoms. The van der Waals surface area contributed by atoms with Gasteiger partial charge in [0.15, 0.2) is 12.0 Å². The summed E-state index contributed by atoms with van der Waals surface area (Å²) in [6, 6.07) is 7.78. The lowest BCUT2D eigenvalue weighted by Crippen LogP contribution is -2.13. The van der Waals surface area contributed by atoms with Gasteiger partial charge in [0, 0.05) is 18.0 Å². The van der Waals surface area contributed by atoms with Gasteiger partial charge in [-0.2, -0.15) is 0 Å². The van der Waals surface area contributed by atoms with E-state index in [1.165, 1.54) is 18.5 Å². The Bertz CT molecular complexity index is 871. The maximum Gasteiger partial charge on any atom is 0.262 e. The van der Waals surface area contributed by atoms with Gasteiger partial charge in [-0.3, -0.25) is 9.71 Å². The molecule has 0 amide bonds. The standard InChI is InChI=1S/C13H11N3O3S/c1-9-6-10(4-5-14-9)16-20(17,18)11-2-3-12-13(7-11)19-8-15-12/h2-8H,1H3,(H,14,16). The van der Waals surface area contributed by atoms with Crippen molar-refractivity contribution in [1.82, 2.24) is 9.97 Å². The highest BCUT2D eigenvalue weighted by atomic mass is 32.2. The molecule has 3 rings (SSSR count). The van der Waals surface area contributed by atoms with E-state index in [2.05, 4.69) is 14.7 Å². The van der Waals surface area contributed by atoms with Crippen LogP contribution in [0.2, 0.25) is 0 Å². The third-order valence-electron chi connectivity index (χ3n) is 2.76. The van der Waals surface area contributed by atoms with Gasteiger partial charge in [0.05, 0.1) is 10.6 Å². The molecule has 0 aliphatic heterocycles. The number of sulfonamides is 1. The summed E-state index contributed by atoms with van der Waals surface area (Å²) < 4.78 is 32.2. The first-order valence-electron chi connectivity index (χ1n) is 5.83. The number of hydrogen-bond donors (Lipinski definition) is 1. The number of oxazole rings is 1. The van der Waals surface area contributed by atoms with Crippen molar-refractivity contribution >= 4 is 26.8 Å². The third-order valence-corrected chi connectivity index (χ3v) is 4.14. The van der Waals surface area contributed by atoms with Gasteiger partial charge in [0.2, 0.25) is 0 Å². The molecule has 102 valence electrons. The number of nitrogens with zero attached hydrogens (tertiary/aromatic N) is 2. The summed E-state index contributed by atoms with van der Waals surface area (Å²) in [6.45, 7) is 1.79. The molecule has 0 aliphatic carbocycles. The van der Waals surface area contributed by atoms with Crippen molar-refractivity contribution in [3.05, 3.63) is 48.6 Å². The van der Waals surface area contributed by atoms with E-state index in [1.807, 2.05) is 0 Å². The molecule has 2 heterocycles. The van der Waals surface area contributed by atoms with Crippen LogP contribution in [0.1, 0.15) is 5.69 Å². The molecule has 0 saturated heterocycles. The Labute approximate surface area is 115 Å². The second-order valence-electron chi connectivity index (χ2n) is 4.27. The lowest BCUT2D eigenvalue weighted by atomic mass is 10.3. The Morgan fingerprint density at radius 1 is 1.15 bits per heavy atom. The minimum Gasteiger partial charge on any atom is -0.443 e. The fraction of sp³-hybridized carbons (Fsp3) is 0.0769. The van der Waals surface area contributed by atoms with E-state index in [1.54, 1.807) is 31.3 Å². The first-order valence-corrected chi connectivity index (χ1v) is 7.32. The van der Waals surface area contributed by atoms with Gasteiger partial charge in [-0.25, -0.2) is 13.4 Å². The van der Waals surface area contributed by atoms with Crippen LogP contribution >= 0.6 is 0 Å². The molecule has 3 aromatic rings. The number of hydrogen-bond acceptors (Lipinski definition) is 5. The second kappa shape index (κ2) is 4.61. The first-order chi connectivity index (χ1) is 9.54. The van der Waals surface area contributed by atoms with Crippen molar-refractivity contribution in [2.75, 3.05) is 4.72 Å². The van der Waals surface area contributed by atoms with Crippen molar-refractivity contribution in [1.29, 1.82) is 0 Å². The quantitative estimate of drug-likeness (QED) is 0.799. The van der Waals surface area contributed by atoms with Crippen LogP contribution < -0.4 is 4.72 Å². The van der Waals surface area contributed by atoms with Gasteiger partial charge >= 0.3 is 0 Å². The maximum absolute atomic E-state index is 12.3. The summed E-state index contributed by atoms with van der Waals surface area (Å²) in [4.78, 5) is 8.09. The van der Waals surface area contributed by atoms with Crippen LogP contribution in [0.15, 0.2) is 52.2 Å². The van der Waals surface area contributed by atoms with E-state index in [0.29, 0.717) is 16.8 Å². The fourth-order valence-corrected chi connectivity index (χ4v) is 2.89. The molecule has 7 heteroatoms. The van der Waals surface area contributed by atoms with E-state index in [4.69, 9.17) is 4.42 Å². The third kappa shape index (κ3) is 2.35. The minimum atomic E-state index is -3.66. The molecule has 0 fully saturated rings. The molecule has 0 unspecified atom stereocenters. The summed E-state index contributed by atoms with van der Waals surface area (Å²) in [5.41, 5.74) is 2.24. The average molecular weight is 289 g/mol. The normalized spacial score (nSPS) is 11.7. The molecule has 0 aliphatic rings.